The highest BCUT2D eigenvalue weighted by Gasteiger charge is 2.20. The Kier molecular flexibility index (Phi) is 4.34. The molecular formula is C17H18N2O3S. The molecule has 2 heterocycles. The van der Waals surface area contributed by atoms with E-state index in [1.165, 1.54) is 6.07 Å². The van der Waals surface area contributed by atoms with E-state index in [0.717, 1.165) is 41.1 Å². The second-order valence-electron chi connectivity index (χ2n) is 5.42. The van der Waals surface area contributed by atoms with Gasteiger partial charge >= 0.3 is 0 Å². The van der Waals surface area contributed by atoms with Gasteiger partial charge in [0, 0.05) is 11.4 Å². The molecule has 0 saturated heterocycles. The van der Waals surface area contributed by atoms with Crippen LogP contribution in [0.4, 0.5) is 0 Å². The third-order valence-corrected chi connectivity index (χ3v) is 4.48. The van der Waals surface area contributed by atoms with Crippen LogP contribution in [-0.4, -0.2) is 20.4 Å². The van der Waals surface area contributed by atoms with Crippen molar-refractivity contribution in [1.29, 1.82) is 0 Å². The third kappa shape index (κ3) is 3.07. The topological polar surface area (TPSA) is 79.4 Å². The van der Waals surface area contributed by atoms with Crippen LogP contribution in [0.1, 0.15) is 30.3 Å². The maximum atomic E-state index is 10.2. The van der Waals surface area contributed by atoms with Crippen molar-refractivity contribution < 1.29 is 14.7 Å². The summed E-state index contributed by atoms with van der Waals surface area (Å²) in [6.07, 6.45) is 4.34. The SMILES string of the molecule is CCCCc1cc(-c2oncc2-c2csc(C)n2)c(O)cc1O. The maximum Gasteiger partial charge on any atom is 0.179 e. The van der Waals surface area contributed by atoms with Gasteiger partial charge in [-0.3, -0.25) is 0 Å². The lowest BCUT2D eigenvalue weighted by molar-refractivity contribution is 0.423. The Morgan fingerprint density at radius 1 is 1.17 bits per heavy atom. The van der Waals surface area contributed by atoms with Crippen molar-refractivity contribution in [3.05, 3.63) is 34.3 Å². The van der Waals surface area contributed by atoms with Crippen molar-refractivity contribution in [1.82, 2.24) is 10.1 Å². The van der Waals surface area contributed by atoms with Gasteiger partial charge in [-0.05, 0) is 31.4 Å². The van der Waals surface area contributed by atoms with E-state index < -0.39 is 0 Å². The molecule has 120 valence electrons. The van der Waals surface area contributed by atoms with E-state index >= 15 is 0 Å². The summed E-state index contributed by atoms with van der Waals surface area (Å²) in [5.41, 5.74) is 2.81. The normalized spacial score (nSPS) is 11.0. The number of phenols is 2. The molecule has 0 radical (unpaired) electrons. The summed E-state index contributed by atoms with van der Waals surface area (Å²) in [5, 5.41) is 27.0. The van der Waals surface area contributed by atoms with Gasteiger partial charge in [-0.15, -0.1) is 11.3 Å². The smallest absolute Gasteiger partial charge is 0.179 e. The Bertz CT molecular complexity index is 823. The van der Waals surface area contributed by atoms with E-state index in [9.17, 15) is 10.2 Å². The molecule has 0 fully saturated rings. The summed E-state index contributed by atoms with van der Waals surface area (Å²) < 4.78 is 5.37. The summed E-state index contributed by atoms with van der Waals surface area (Å²) in [6, 6.07) is 3.13. The van der Waals surface area contributed by atoms with Crippen LogP contribution >= 0.6 is 11.3 Å². The number of rotatable bonds is 5. The zero-order chi connectivity index (χ0) is 16.4. The van der Waals surface area contributed by atoms with Gasteiger partial charge in [0.05, 0.1) is 28.0 Å². The van der Waals surface area contributed by atoms with Gasteiger partial charge in [-0.2, -0.15) is 0 Å². The second kappa shape index (κ2) is 6.42. The van der Waals surface area contributed by atoms with E-state index in [1.807, 2.05) is 12.3 Å². The fraction of sp³-hybridized carbons (Fsp3) is 0.294. The highest BCUT2D eigenvalue weighted by atomic mass is 32.1. The fourth-order valence-corrected chi connectivity index (χ4v) is 3.09. The largest absolute Gasteiger partial charge is 0.508 e. The lowest BCUT2D eigenvalue weighted by Crippen LogP contribution is -1.89. The summed E-state index contributed by atoms with van der Waals surface area (Å²) in [7, 11) is 0. The average molecular weight is 330 g/mol. The molecule has 0 bridgehead atoms. The zero-order valence-electron chi connectivity index (χ0n) is 13.0. The number of nitrogens with zero attached hydrogens (tertiary/aromatic N) is 2. The summed E-state index contributed by atoms with van der Waals surface area (Å²) >= 11 is 1.54. The monoisotopic (exact) mass is 330 g/mol. The van der Waals surface area contributed by atoms with Crippen LogP contribution < -0.4 is 0 Å². The Morgan fingerprint density at radius 2 is 2.00 bits per heavy atom. The van der Waals surface area contributed by atoms with E-state index in [-0.39, 0.29) is 11.5 Å². The molecule has 5 nitrogen and oxygen atoms in total. The van der Waals surface area contributed by atoms with E-state index in [4.69, 9.17) is 4.52 Å². The molecule has 0 atom stereocenters. The average Bonchev–Trinajstić information content (AvgIpc) is 3.15. The molecule has 0 saturated carbocycles. The number of hydrogen-bond acceptors (Lipinski definition) is 6. The molecule has 1 aromatic carbocycles. The molecule has 2 N–H and O–H groups in total. The Balaban J connectivity index is 2.07. The number of hydrogen-bond donors (Lipinski definition) is 2. The van der Waals surface area contributed by atoms with Gasteiger partial charge < -0.3 is 14.7 Å². The van der Waals surface area contributed by atoms with Crippen molar-refractivity contribution in [2.24, 2.45) is 0 Å². The van der Waals surface area contributed by atoms with Crippen LogP contribution in [0.3, 0.4) is 0 Å². The molecule has 3 rings (SSSR count). The van der Waals surface area contributed by atoms with E-state index in [2.05, 4.69) is 17.1 Å². The van der Waals surface area contributed by atoms with Gasteiger partial charge in [0.1, 0.15) is 11.5 Å². The fourth-order valence-electron chi connectivity index (χ4n) is 2.47. The Labute approximate surface area is 138 Å². The molecular weight excluding hydrogens is 312 g/mol. The van der Waals surface area contributed by atoms with Crippen molar-refractivity contribution in [2.45, 2.75) is 33.1 Å². The first-order valence-electron chi connectivity index (χ1n) is 7.52. The van der Waals surface area contributed by atoms with Crippen molar-refractivity contribution >= 4 is 11.3 Å². The number of phenolic OH excluding ortho intramolecular Hbond substituents is 2. The molecule has 23 heavy (non-hydrogen) atoms. The van der Waals surface area contributed by atoms with E-state index in [1.54, 1.807) is 23.6 Å². The zero-order valence-corrected chi connectivity index (χ0v) is 13.9. The van der Waals surface area contributed by atoms with Crippen LogP contribution in [0.25, 0.3) is 22.6 Å². The highest BCUT2D eigenvalue weighted by Crippen LogP contribution is 2.40. The van der Waals surface area contributed by atoms with Crippen LogP contribution in [-0.2, 0) is 6.42 Å². The molecule has 0 amide bonds. The molecule has 0 aliphatic rings. The molecule has 2 aromatic heterocycles. The van der Waals surface area contributed by atoms with Crippen molar-refractivity contribution in [3.63, 3.8) is 0 Å². The molecule has 0 unspecified atom stereocenters. The molecule has 0 aliphatic heterocycles. The van der Waals surface area contributed by atoms with Gasteiger partial charge in [0.2, 0.25) is 0 Å². The first-order chi connectivity index (χ1) is 11.1. The summed E-state index contributed by atoms with van der Waals surface area (Å²) in [6.45, 7) is 4.03. The Hall–Kier alpha value is -2.34. The van der Waals surface area contributed by atoms with Gasteiger partial charge in [-0.1, -0.05) is 18.5 Å². The molecule has 3 aromatic rings. The number of aromatic nitrogens is 2. The number of aryl methyl sites for hydroxylation is 2. The predicted octanol–water partition coefficient (Wildman–Crippen LogP) is 4.53. The predicted molar refractivity (Wildman–Crippen MR) is 89.7 cm³/mol. The van der Waals surface area contributed by atoms with Crippen LogP contribution in [0.15, 0.2) is 28.2 Å². The minimum Gasteiger partial charge on any atom is -0.508 e. The molecule has 0 aliphatic carbocycles. The summed E-state index contributed by atoms with van der Waals surface area (Å²) in [4.78, 5) is 4.45. The number of benzene rings is 1. The van der Waals surface area contributed by atoms with Crippen molar-refractivity contribution in [3.8, 4) is 34.1 Å². The molecule has 0 spiro atoms. The maximum absolute atomic E-state index is 10.2. The van der Waals surface area contributed by atoms with Crippen LogP contribution in [0, 0.1) is 6.92 Å². The number of unbranched alkanes of at least 4 members (excludes halogenated alkanes) is 1. The first-order valence-corrected chi connectivity index (χ1v) is 8.40. The minimum absolute atomic E-state index is 0.0345. The van der Waals surface area contributed by atoms with Crippen molar-refractivity contribution in [2.75, 3.05) is 0 Å². The summed E-state index contributed by atoms with van der Waals surface area (Å²) in [5.74, 6) is 0.531. The second-order valence-corrected chi connectivity index (χ2v) is 6.48. The van der Waals surface area contributed by atoms with Crippen LogP contribution in [0.5, 0.6) is 11.5 Å². The van der Waals surface area contributed by atoms with E-state index in [0.29, 0.717) is 11.3 Å². The van der Waals surface area contributed by atoms with Crippen LogP contribution in [0.2, 0.25) is 0 Å². The third-order valence-electron chi connectivity index (χ3n) is 3.71. The van der Waals surface area contributed by atoms with Gasteiger partial charge in [-0.25, -0.2) is 4.98 Å². The van der Waals surface area contributed by atoms with Gasteiger partial charge in [0.15, 0.2) is 5.76 Å². The number of thiazole rings is 1. The lowest BCUT2D eigenvalue weighted by atomic mass is 10.00. The lowest BCUT2D eigenvalue weighted by Gasteiger charge is -2.09. The van der Waals surface area contributed by atoms with Gasteiger partial charge in [0.25, 0.3) is 0 Å². The Morgan fingerprint density at radius 3 is 2.70 bits per heavy atom. The quantitative estimate of drug-likeness (QED) is 0.718. The highest BCUT2D eigenvalue weighted by molar-refractivity contribution is 7.09. The first kappa shape index (κ1) is 15.6. The minimum atomic E-state index is -0.0345. The molecule has 6 heteroatoms. The number of aromatic hydroxyl groups is 2. The standard InChI is InChI=1S/C17H18N2O3S/c1-3-4-5-11-6-12(16(21)7-15(11)20)17-13(8-18-22-17)14-9-23-10(2)19-14/h6-9,20-21H,3-5H2,1-2H3.